The fraction of sp³-hybridized carbons (Fsp3) is 0.0455. The summed E-state index contributed by atoms with van der Waals surface area (Å²) in [4.78, 5) is 41.3. The van der Waals surface area contributed by atoms with Crippen LogP contribution in [0.5, 0.6) is 0 Å². The van der Waals surface area contributed by atoms with Crippen molar-refractivity contribution in [2.24, 2.45) is 0 Å². The first-order valence-corrected chi connectivity index (χ1v) is 9.91. The minimum absolute atomic E-state index is 0.245. The van der Waals surface area contributed by atoms with Crippen LogP contribution < -0.4 is 4.90 Å². The van der Waals surface area contributed by atoms with Crippen molar-refractivity contribution in [1.82, 2.24) is 4.90 Å². The van der Waals surface area contributed by atoms with Gasteiger partial charge in [0.25, 0.3) is 17.7 Å². The van der Waals surface area contributed by atoms with Gasteiger partial charge in [-0.15, -0.1) is 0 Å². The van der Waals surface area contributed by atoms with Crippen molar-refractivity contribution in [1.29, 1.82) is 0 Å². The van der Waals surface area contributed by atoms with Crippen molar-refractivity contribution in [2.75, 3.05) is 11.6 Å². The number of hydrogen-bond donors (Lipinski definition) is 0. The summed E-state index contributed by atoms with van der Waals surface area (Å²) in [6.07, 6.45) is 0. The molecule has 3 aromatic carbocycles. The molecule has 5 nitrogen and oxygen atoms in total. The van der Waals surface area contributed by atoms with E-state index in [1.165, 1.54) is 4.90 Å². The molecule has 3 amide bonds. The minimum Gasteiger partial charge on any atom is -0.288 e. The molecule has 0 saturated carbocycles. The largest absolute Gasteiger partial charge is 0.288 e. The van der Waals surface area contributed by atoms with E-state index in [4.69, 9.17) is 11.6 Å². The van der Waals surface area contributed by atoms with E-state index in [0.29, 0.717) is 27.4 Å². The molecule has 0 bridgehead atoms. The lowest BCUT2D eigenvalue weighted by Gasteiger charge is -2.28. The fourth-order valence-corrected chi connectivity index (χ4v) is 3.68. The van der Waals surface area contributed by atoms with Gasteiger partial charge in [-0.05, 0) is 48.5 Å². The third-order valence-corrected chi connectivity index (χ3v) is 5.49. The normalized spacial score (nSPS) is 12.8. The summed E-state index contributed by atoms with van der Waals surface area (Å²) in [7, 11) is 0. The molecule has 144 valence electrons. The molecular weight excluding hydrogens is 456 g/mol. The monoisotopic (exact) mass is 468 g/mol. The zero-order valence-electron chi connectivity index (χ0n) is 15.0. The third kappa shape index (κ3) is 3.57. The van der Waals surface area contributed by atoms with Crippen molar-refractivity contribution < 1.29 is 14.4 Å². The summed E-state index contributed by atoms with van der Waals surface area (Å²) < 4.78 is 0.832. The van der Waals surface area contributed by atoms with Gasteiger partial charge >= 0.3 is 0 Å². The maximum Gasteiger partial charge on any atom is 0.263 e. The number of carbonyl (C=O) groups is 3. The molecule has 3 aromatic rings. The van der Waals surface area contributed by atoms with Gasteiger partial charge in [0, 0.05) is 10.0 Å². The Morgan fingerprint density at radius 3 is 2.00 bits per heavy atom. The molecule has 0 aromatic heterocycles. The first-order valence-electron chi connectivity index (χ1n) is 8.74. The van der Waals surface area contributed by atoms with Crippen LogP contribution in [-0.4, -0.2) is 29.3 Å². The van der Waals surface area contributed by atoms with E-state index in [0.717, 1.165) is 9.37 Å². The van der Waals surface area contributed by atoms with Crippen LogP contribution in [0.4, 0.5) is 5.69 Å². The smallest absolute Gasteiger partial charge is 0.263 e. The van der Waals surface area contributed by atoms with E-state index in [1.54, 1.807) is 72.8 Å². The predicted molar refractivity (Wildman–Crippen MR) is 114 cm³/mol. The Kier molecular flexibility index (Phi) is 5.22. The number of hydrogen-bond acceptors (Lipinski definition) is 3. The van der Waals surface area contributed by atoms with Crippen molar-refractivity contribution in [3.05, 3.63) is 99.0 Å². The number of benzene rings is 3. The highest BCUT2D eigenvalue weighted by molar-refractivity contribution is 9.10. The Bertz CT molecular complexity index is 1100. The van der Waals surface area contributed by atoms with Crippen LogP contribution in [0, 0.1) is 0 Å². The molecule has 0 unspecified atom stereocenters. The zero-order valence-corrected chi connectivity index (χ0v) is 17.4. The Hall–Kier alpha value is -2.96. The Morgan fingerprint density at radius 2 is 1.41 bits per heavy atom. The van der Waals surface area contributed by atoms with Crippen LogP contribution in [0.15, 0.2) is 77.3 Å². The third-order valence-electron chi connectivity index (χ3n) is 4.64. The highest BCUT2D eigenvalue weighted by Gasteiger charge is 2.37. The second kappa shape index (κ2) is 7.81. The lowest BCUT2D eigenvalue weighted by atomic mass is 10.1. The van der Waals surface area contributed by atoms with Crippen molar-refractivity contribution in [2.45, 2.75) is 0 Å². The number of nitrogens with zero attached hydrogens (tertiary/aromatic N) is 2. The van der Waals surface area contributed by atoms with Crippen LogP contribution in [-0.2, 0) is 0 Å². The van der Waals surface area contributed by atoms with Crippen LogP contribution in [0.25, 0.3) is 0 Å². The summed E-state index contributed by atoms with van der Waals surface area (Å²) in [5.74, 6) is -1.25. The molecule has 0 aliphatic carbocycles. The topological polar surface area (TPSA) is 57.7 Å². The highest BCUT2D eigenvalue weighted by Crippen LogP contribution is 2.29. The molecule has 7 heteroatoms. The molecule has 0 N–H and O–H groups in total. The Balaban J connectivity index is 1.73. The number of anilines is 1. The lowest BCUT2D eigenvalue weighted by molar-refractivity contribution is 0.0650. The van der Waals surface area contributed by atoms with E-state index in [2.05, 4.69) is 15.9 Å². The number of imide groups is 1. The number of halogens is 2. The average molecular weight is 470 g/mol. The summed E-state index contributed by atoms with van der Waals surface area (Å²) in [6, 6.07) is 20.3. The first-order chi connectivity index (χ1) is 14.0. The maximum atomic E-state index is 13.3. The summed E-state index contributed by atoms with van der Waals surface area (Å²) in [5.41, 5.74) is 1.48. The van der Waals surface area contributed by atoms with Gasteiger partial charge in [0.2, 0.25) is 0 Å². The van der Waals surface area contributed by atoms with Gasteiger partial charge in [0.1, 0.15) is 6.67 Å². The van der Waals surface area contributed by atoms with Gasteiger partial charge in [-0.1, -0.05) is 51.8 Å². The molecule has 0 atom stereocenters. The quantitative estimate of drug-likeness (QED) is 0.505. The minimum atomic E-state index is -0.439. The summed E-state index contributed by atoms with van der Waals surface area (Å²) in [5, 5.41) is 0.342. The van der Waals surface area contributed by atoms with Crippen LogP contribution in [0.2, 0.25) is 5.02 Å². The fourth-order valence-electron chi connectivity index (χ4n) is 3.18. The lowest BCUT2D eigenvalue weighted by Crippen LogP contribution is -2.44. The first kappa shape index (κ1) is 19.4. The molecule has 0 spiro atoms. The molecular formula is C22H14BrClN2O3. The highest BCUT2D eigenvalue weighted by atomic mass is 79.9. The molecule has 0 fully saturated rings. The van der Waals surface area contributed by atoms with E-state index < -0.39 is 11.8 Å². The molecule has 29 heavy (non-hydrogen) atoms. The van der Waals surface area contributed by atoms with Gasteiger partial charge in [0.15, 0.2) is 0 Å². The van der Waals surface area contributed by atoms with E-state index >= 15 is 0 Å². The summed E-state index contributed by atoms with van der Waals surface area (Å²) >= 11 is 9.68. The Morgan fingerprint density at radius 1 is 0.862 bits per heavy atom. The predicted octanol–water partition coefficient (Wildman–Crippen LogP) is 5.00. The van der Waals surface area contributed by atoms with Crippen molar-refractivity contribution in [3.8, 4) is 0 Å². The number of rotatable bonds is 4. The SMILES string of the molecule is O=C1c2ccccc2C(=O)N1CN(C(=O)c1ccc(Br)cc1)c1ccccc1Cl. The van der Waals surface area contributed by atoms with Gasteiger partial charge < -0.3 is 0 Å². The van der Waals surface area contributed by atoms with Crippen LogP contribution >= 0.6 is 27.5 Å². The maximum absolute atomic E-state index is 13.3. The molecule has 0 radical (unpaired) electrons. The molecule has 0 saturated heterocycles. The van der Waals surface area contributed by atoms with Crippen LogP contribution in [0.3, 0.4) is 0 Å². The van der Waals surface area contributed by atoms with E-state index in [-0.39, 0.29) is 12.6 Å². The summed E-state index contributed by atoms with van der Waals surface area (Å²) in [6.45, 7) is -0.245. The van der Waals surface area contributed by atoms with Crippen molar-refractivity contribution in [3.63, 3.8) is 0 Å². The number of para-hydroxylation sites is 1. The second-order valence-electron chi connectivity index (χ2n) is 6.42. The van der Waals surface area contributed by atoms with Gasteiger partial charge in [-0.2, -0.15) is 0 Å². The van der Waals surface area contributed by atoms with Crippen molar-refractivity contribution >= 4 is 50.9 Å². The number of amides is 3. The molecule has 1 aliphatic rings. The number of carbonyl (C=O) groups excluding carboxylic acids is 3. The van der Waals surface area contributed by atoms with E-state index in [9.17, 15) is 14.4 Å². The standard InChI is InChI=1S/C22H14BrClN2O3/c23-15-11-9-14(10-12-15)20(27)25(19-8-4-3-7-18(19)24)13-26-21(28)16-5-1-2-6-17(16)22(26)29/h1-12H,13H2. The van der Waals surface area contributed by atoms with Gasteiger partial charge in [0.05, 0.1) is 21.8 Å². The molecule has 4 rings (SSSR count). The second-order valence-corrected chi connectivity index (χ2v) is 7.74. The molecule has 1 heterocycles. The Labute approximate surface area is 180 Å². The van der Waals surface area contributed by atoms with Gasteiger partial charge in [-0.3, -0.25) is 24.2 Å². The number of fused-ring (bicyclic) bond motifs is 1. The van der Waals surface area contributed by atoms with Gasteiger partial charge in [-0.25, -0.2) is 0 Å². The molecule has 1 aliphatic heterocycles. The van der Waals surface area contributed by atoms with Crippen LogP contribution in [0.1, 0.15) is 31.1 Å². The average Bonchev–Trinajstić information content (AvgIpc) is 2.97. The van der Waals surface area contributed by atoms with E-state index in [1.807, 2.05) is 0 Å². The zero-order chi connectivity index (χ0) is 20.5.